The molecule has 0 fully saturated rings. The maximum Gasteiger partial charge on any atom is 0.0587 e. The average Bonchev–Trinajstić information content (AvgIpc) is 0.918. The summed E-state index contributed by atoms with van der Waals surface area (Å²) in [4.78, 5) is 0. The Labute approximate surface area is 562 Å². The smallest absolute Gasteiger partial charge is 0.0587 e. The fourth-order valence-corrected chi connectivity index (χ4v) is 0. The van der Waals surface area contributed by atoms with Gasteiger partial charge >= 0.3 is 0 Å². The number of nitriles is 1. The van der Waals surface area contributed by atoms with Crippen LogP contribution < -0.4 is 0 Å². The highest BCUT2D eigenvalue weighted by molar-refractivity contribution is 4.51. The molecule has 0 heterocycles. The van der Waals surface area contributed by atoms with Crippen molar-refractivity contribution in [3.63, 3.8) is 0 Å². The summed E-state index contributed by atoms with van der Waals surface area (Å²) >= 11 is 0. The van der Waals surface area contributed by atoms with Gasteiger partial charge in [-0.1, -0.05) is 0 Å². The first-order chi connectivity index (χ1) is 1.41. The maximum absolute atomic E-state index is 7.32. The van der Waals surface area contributed by atoms with Crippen molar-refractivity contribution in [2.75, 3.05) is 0 Å². The standard InChI is InChI=1S/C2H3N.99H2O/c1-2-3;;;;;;;;;;;;;;;;;;;;;;;;;;;;;;;;;;;;;;;;;;;;;;;;;;;;;;;;;;;;;;;;;;;;;;;;;;;;;;;;;;;;;;;;;;;;;;;;;;;/h1H3;99*1H2. The molecule has 0 amide bonds. The molecule has 0 aliphatic carbocycles. The fraction of sp³-hybridized carbons (Fsp3) is 0.500. The minimum absolute atomic E-state index is 0. The molecule has 0 radical (unpaired) electrons. The van der Waals surface area contributed by atoms with Gasteiger partial charge in [0.15, 0.2) is 0 Å². The minimum atomic E-state index is 0. The highest BCUT2D eigenvalue weighted by atomic mass is 16.1. The Morgan fingerprint density at radius 1 is 0.0686 bits per heavy atom. The second kappa shape index (κ2) is 73200. The highest BCUT2D eigenvalue weighted by Crippen LogP contribution is 1.21. The van der Waals surface area contributed by atoms with E-state index in [1.807, 2.05) is 0 Å². The SMILES string of the molecule is CC#N.O.O.O.O.O.O.O.O.O.O.O.O.O.O.O.O.O.O.O.O.O.O.O.O.O.O.O.O.O.O.O.O.O.O.O.O.O.O.O.O.O.O.O.O.O.O.O.O.O.O.O.O.O.O.O.O.O.O.O.O.O.O.O.O.O.O.O.O.O.O.O.O.O.O.O.O.O.O.O.O.O.O.O.O.O.O.O.O.O.O.O.O.O.O.O.O.O.O.O. The van der Waals surface area contributed by atoms with Crippen LogP contribution in [0.2, 0.25) is 0 Å². The van der Waals surface area contributed by atoms with Crippen LogP contribution in [0, 0.1) is 11.3 Å². The van der Waals surface area contributed by atoms with Gasteiger partial charge in [0.2, 0.25) is 0 Å². The minimum Gasteiger partial charge on any atom is -0.412 e. The number of hydrogen-bond acceptors (Lipinski definition) is 1. The number of rotatable bonds is 0. The normalized spacial score (nSPS) is 0.0784. The van der Waals surface area contributed by atoms with Crippen molar-refractivity contribution in [3.05, 3.63) is 0 Å². The van der Waals surface area contributed by atoms with E-state index in [0.717, 1.165) is 0 Å². The summed E-state index contributed by atoms with van der Waals surface area (Å²) < 4.78 is 0. The molecule has 0 saturated heterocycles. The Kier molecular flexibility index (Phi) is 107000000. The predicted octanol–water partition coefficient (Wildman–Crippen LogP) is -81.1. The van der Waals surface area contributed by atoms with Gasteiger partial charge in [-0.25, -0.2) is 0 Å². The molecule has 100 nitrogen and oxygen atoms in total. The van der Waals surface area contributed by atoms with Crippen LogP contribution in [0.1, 0.15) is 6.92 Å². The third-order valence-corrected chi connectivity index (χ3v) is 0. The molecule has 0 aromatic rings. The topological polar surface area (TPSA) is 3140 Å². The number of hydrogen-bond donors (Lipinski definition) is 0. The van der Waals surface area contributed by atoms with Gasteiger partial charge in [0.1, 0.15) is 0 Å². The van der Waals surface area contributed by atoms with Gasteiger partial charge in [-0.15, -0.1) is 0 Å². The number of nitrogens with zero attached hydrogens (tertiary/aromatic N) is 1. The first-order valence-electron chi connectivity index (χ1n) is 0.724. The molecule has 0 spiro atoms. The lowest BCUT2D eigenvalue weighted by molar-refractivity contribution is 0.823. The van der Waals surface area contributed by atoms with Crippen LogP contribution in [-0.4, -0.2) is 542 Å². The zero-order valence-corrected chi connectivity index (χ0v) is 51.4. The van der Waals surface area contributed by atoms with E-state index in [4.69, 9.17) is 5.26 Å². The van der Waals surface area contributed by atoms with Crippen molar-refractivity contribution in [1.29, 1.82) is 5.26 Å². The van der Waals surface area contributed by atoms with Crippen LogP contribution in [0.5, 0.6) is 0 Å². The summed E-state index contributed by atoms with van der Waals surface area (Å²) in [5.74, 6) is 0. The van der Waals surface area contributed by atoms with Crippen molar-refractivity contribution in [2.45, 2.75) is 6.92 Å². The lowest BCUT2D eigenvalue weighted by Gasteiger charge is -1.15. The Hall–Kier alpha value is -4.47. The van der Waals surface area contributed by atoms with Gasteiger partial charge in [0, 0.05) is 6.92 Å². The molecule has 808 valence electrons. The summed E-state index contributed by atoms with van der Waals surface area (Å²) in [6.45, 7) is 1.43. The van der Waals surface area contributed by atoms with E-state index < -0.39 is 0 Å². The van der Waals surface area contributed by atoms with Gasteiger partial charge in [-0.3, -0.25) is 0 Å². The molecule has 198 N–H and O–H groups in total. The molecule has 0 atom stereocenters. The molecule has 0 saturated carbocycles. The van der Waals surface area contributed by atoms with Crippen molar-refractivity contribution >= 4 is 0 Å². The zero-order chi connectivity index (χ0) is 2.71. The van der Waals surface area contributed by atoms with E-state index in [2.05, 4.69) is 0 Å². The molecule has 100 heteroatoms. The van der Waals surface area contributed by atoms with Gasteiger partial charge in [-0.2, -0.15) is 5.26 Å². The van der Waals surface area contributed by atoms with Crippen LogP contribution in [-0.2, 0) is 0 Å². The van der Waals surface area contributed by atoms with Crippen LogP contribution in [0.4, 0.5) is 0 Å². The Morgan fingerprint density at radius 3 is 0.0686 bits per heavy atom. The van der Waals surface area contributed by atoms with Crippen LogP contribution in [0.25, 0.3) is 0 Å². The summed E-state index contributed by atoms with van der Waals surface area (Å²) in [5.41, 5.74) is 0. The highest BCUT2D eigenvalue weighted by Gasteiger charge is 1.17. The van der Waals surface area contributed by atoms with Gasteiger partial charge in [0.05, 0.1) is 6.07 Å². The van der Waals surface area contributed by atoms with Crippen molar-refractivity contribution in [1.82, 2.24) is 0 Å². The zero-order valence-electron chi connectivity index (χ0n) is 51.4. The molecule has 0 aromatic heterocycles. The molecule has 0 aromatic carbocycles. The lowest BCUT2D eigenvalue weighted by atomic mass is 11.0. The Balaban J connectivity index is -0.00000000000412. The fourth-order valence-electron chi connectivity index (χ4n) is 0. The molecule has 0 rings (SSSR count). The van der Waals surface area contributed by atoms with Crippen LogP contribution in [0.3, 0.4) is 0 Å². The van der Waals surface area contributed by atoms with Crippen molar-refractivity contribution in [2.24, 2.45) is 0 Å². The van der Waals surface area contributed by atoms with Crippen molar-refractivity contribution in [3.8, 4) is 6.07 Å². The predicted molar refractivity (Wildman–Crippen MR) is 369 cm³/mol. The Morgan fingerprint density at radius 2 is 0.0686 bits per heavy atom. The largest absolute Gasteiger partial charge is 0.412 e. The van der Waals surface area contributed by atoms with E-state index in [1.165, 1.54) is 6.92 Å². The van der Waals surface area contributed by atoms with E-state index in [9.17, 15) is 0 Å². The third-order valence-electron chi connectivity index (χ3n) is 0. The third kappa shape index (κ3) is 42700. The summed E-state index contributed by atoms with van der Waals surface area (Å²) in [6.07, 6.45) is 0. The van der Waals surface area contributed by atoms with E-state index >= 15 is 0 Å². The molecule has 0 bridgehead atoms. The molecular weight excluding hydrogens is 1620 g/mol. The van der Waals surface area contributed by atoms with Crippen molar-refractivity contribution < 1.29 is 542 Å². The molecule has 0 unspecified atom stereocenters. The molecule has 0 aliphatic rings. The van der Waals surface area contributed by atoms with Gasteiger partial charge < -0.3 is 542 Å². The monoisotopic (exact) mass is 1820 g/mol. The van der Waals surface area contributed by atoms with E-state index in [-0.39, 0.29) is 542 Å². The Bertz CT molecular complexity index is 43.8. The van der Waals surface area contributed by atoms with Gasteiger partial charge in [-0.05, 0) is 0 Å². The summed E-state index contributed by atoms with van der Waals surface area (Å²) in [5, 5.41) is 7.32. The van der Waals surface area contributed by atoms with E-state index in [1.54, 1.807) is 6.07 Å². The second-order valence-electron chi connectivity index (χ2n) is 0.224. The summed E-state index contributed by atoms with van der Waals surface area (Å²) in [6, 6.07) is 1.75. The molecule has 102 heavy (non-hydrogen) atoms. The van der Waals surface area contributed by atoms with E-state index in [0.29, 0.717) is 0 Å². The molecular formula is C2H201NO99. The van der Waals surface area contributed by atoms with Crippen LogP contribution >= 0.6 is 0 Å². The maximum atomic E-state index is 7.32. The second-order valence-corrected chi connectivity index (χ2v) is 0.224. The molecule has 0 aliphatic heterocycles. The van der Waals surface area contributed by atoms with Gasteiger partial charge in [0.25, 0.3) is 0 Å². The summed E-state index contributed by atoms with van der Waals surface area (Å²) in [7, 11) is 0. The first kappa shape index (κ1) is 149000. The first-order valence-corrected chi connectivity index (χ1v) is 0.724. The van der Waals surface area contributed by atoms with Crippen LogP contribution in [0.15, 0.2) is 0 Å². The average molecular weight is 1820 g/mol. The lowest BCUT2D eigenvalue weighted by Crippen LogP contribution is -1.10. The quantitative estimate of drug-likeness (QED) is 0.224.